The molecule has 1 aliphatic carbocycles. The van der Waals surface area contributed by atoms with Crippen LogP contribution < -0.4 is 11.2 Å². The van der Waals surface area contributed by atoms with Crippen molar-refractivity contribution in [3.05, 3.63) is 80.6 Å². The van der Waals surface area contributed by atoms with Gasteiger partial charge in [-0.2, -0.15) is 0 Å². The topological polar surface area (TPSA) is 82.6 Å². The average molecular weight is 370 g/mol. The molecular formula is C20H22N2O5. The zero-order valence-electron chi connectivity index (χ0n) is 15.3. The molecule has 7 heteroatoms. The molecule has 142 valence electrons. The highest BCUT2D eigenvalue weighted by Crippen LogP contribution is 2.42. The fraction of sp³-hybridized carbons (Fsp3) is 0.400. The maximum atomic E-state index is 12.2. The molecule has 2 aromatic rings. The molecule has 27 heavy (non-hydrogen) atoms. The summed E-state index contributed by atoms with van der Waals surface area (Å²) in [5, 5.41) is 0. The lowest BCUT2D eigenvalue weighted by Gasteiger charge is -2.21. The summed E-state index contributed by atoms with van der Waals surface area (Å²) >= 11 is 0. The Balaban J connectivity index is 1.56. The predicted octanol–water partition coefficient (Wildman–Crippen LogP) is 1.75. The number of hydrogen-bond acceptors (Lipinski definition) is 5. The van der Waals surface area contributed by atoms with Crippen molar-refractivity contribution in [2.24, 2.45) is 0 Å². The van der Waals surface area contributed by atoms with Crippen LogP contribution in [0.3, 0.4) is 0 Å². The number of benzene rings is 1. The van der Waals surface area contributed by atoms with Crippen LogP contribution in [0, 0.1) is 0 Å². The first kappa shape index (κ1) is 17.9. The van der Waals surface area contributed by atoms with Gasteiger partial charge in [0.2, 0.25) is 0 Å². The lowest BCUT2D eigenvalue weighted by atomic mass is 10.1. The van der Waals surface area contributed by atoms with E-state index in [1.54, 1.807) is 0 Å². The first-order chi connectivity index (χ1) is 12.9. The van der Waals surface area contributed by atoms with Crippen LogP contribution >= 0.6 is 0 Å². The summed E-state index contributed by atoms with van der Waals surface area (Å²) in [7, 11) is 0. The second-order valence-electron chi connectivity index (χ2n) is 7.25. The minimum atomic E-state index is -0.752. The highest BCUT2D eigenvalue weighted by molar-refractivity contribution is 5.26. The molecule has 0 radical (unpaired) electrons. The van der Waals surface area contributed by atoms with Gasteiger partial charge in [0.05, 0.1) is 19.3 Å². The number of ether oxygens (including phenoxy) is 3. The highest BCUT2D eigenvalue weighted by atomic mass is 16.8. The minimum absolute atomic E-state index is 0.292. The summed E-state index contributed by atoms with van der Waals surface area (Å²) in [4.78, 5) is 25.9. The van der Waals surface area contributed by atoms with Crippen molar-refractivity contribution in [3.63, 3.8) is 0 Å². The summed E-state index contributed by atoms with van der Waals surface area (Å²) in [6.45, 7) is 4.56. The molecule has 0 saturated carbocycles. The van der Waals surface area contributed by atoms with Gasteiger partial charge < -0.3 is 14.2 Å². The second-order valence-corrected chi connectivity index (χ2v) is 7.25. The van der Waals surface area contributed by atoms with Crippen molar-refractivity contribution in [1.82, 2.24) is 9.55 Å². The quantitative estimate of drug-likeness (QED) is 0.811. The summed E-state index contributed by atoms with van der Waals surface area (Å²) in [6.07, 6.45) is 2.79. The molecular weight excluding hydrogens is 348 g/mol. The summed E-state index contributed by atoms with van der Waals surface area (Å²) in [5.41, 5.74) is 1.13. The lowest BCUT2D eigenvalue weighted by molar-refractivity contribution is -0.148. The van der Waals surface area contributed by atoms with Crippen molar-refractivity contribution < 1.29 is 14.2 Å². The Morgan fingerprint density at radius 2 is 1.89 bits per heavy atom. The molecule has 1 aromatic carbocycles. The zero-order valence-corrected chi connectivity index (χ0v) is 15.3. The molecule has 1 fully saturated rings. The first-order valence-corrected chi connectivity index (χ1v) is 8.92. The predicted molar refractivity (Wildman–Crippen MR) is 98.4 cm³/mol. The SMILES string of the molecule is CC1(C)O[C@@H]2[C@H](n3ccc(=O)[nH]c3=O)C=C(COCc3ccccc3)[C@@H]2O1. The van der Waals surface area contributed by atoms with Crippen molar-refractivity contribution in [2.45, 2.75) is 44.5 Å². The molecule has 3 atom stereocenters. The molecule has 0 amide bonds. The number of rotatable bonds is 5. The molecule has 2 aliphatic rings. The Bertz CT molecular complexity index is 960. The molecule has 1 aromatic heterocycles. The van der Waals surface area contributed by atoms with E-state index in [1.807, 2.05) is 50.3 Å². The molecule has 0 unspecified atom stereocenters. The standard InChI is InChI=1S/C20H22N2O5/c1-20(2)26-17-14(12-25-11-13-6-4-3-5-7-13)10-15(18(17)27-20)22-9-8-16(23)21-19(22)24/h3-10,15,17-18H,11-12H2,1-2H3,(H,21,23,24)/t15-,17+,18-/m1/s1. The Morgan fingerprint density at radius 3 is 2.63 bits per heavy atom. The van der Waals surface area contributed by atoms with Crippen LogP contribution in [0.4, 0.5) is 0 Å². The van der Waals surface area contributed by atoms with Gasteiger partial charge in [-0.1, -0.05) is 36.4 Å². The fourth-order valence-electron chi connectivity index (χ4n) is 3.63. The third kappa shape index (κ3) is 3.66. The van der Waals surface area contributed by atoms with E-state index in [0.717, 1.165) is 11.1 Å². The Kier molecular flexibility index (Phi) is 4.59. The van der Waals surface area contributed by atoms with Gasteiger partial charge in [0.15, 0.2) is 5.79 Å². The van der Waals surface area contributed by atoms with Gasteiger partial charge in [0, 0.05) is 12.3 Å². The Hall–Kier alpha value is -2.48. The average Bonchev–Trinajstić information content (AvgIpc) is 3.10. The normalized spacial score (nSPS) is 26.0. The maximum Gasteiger partial charge on any atom is 0.328 e. The van der Waals surface area contributed by atoms with Crippen LogP contribution in [0.5, 0.6) is 0 Å². The van der Waals surface area contributed by atoms with Crippen molar-refractivity contribution >= 4 is 0 Å². The summed E-state index contributed by atoms with van der Waals surface area (Å²) in [6, 6.07) is 10.9. The van der Waals surface area contributed by atoms with E-state index in [4.69, 9.17) is 14.2 Å². The van der Waals surface area contributed by atoms with Crippen LogP contribution in [0.2, 0.25) is 0 Å². The van der Waals surface area contributed by atoms with E-state index in [-0.39, 0.29) is 18.2 Å². The van der Waals surface area contributed by atoms with E-state index >= 15 is 0 Å². The highest BCUT2D eigenvalue weighted by Gasteiger charge is 2.50. The number of hydrogen-bond donors (Lipinski definition) is 1. The monoisotopic (exact) mass is 370 g/mol. The van der Waals surface area contributed by atoms with Gasteiger partial charge in [-0.3, -0.25) is 14.3 Å². The van der Waals surface area contributed by atoms with Crippen LogP contribution in [-0.2, 0) is 20.8 Å². The fourth-order valence-corrected chi connectivity index (χ4v) is 3.63. The van der Waals surface area contributed by atoms with E-state index < -0.39 is 17.0 Å². The van der Waals surface area contributed by atoms with Crippen molar-refractivity contribution in [2.75, 3.05) is 6.61 Å². The van der Waals surface area contributed by atoms with Gasteiger partial charge >= 0.3 is 5.69 Å². The van der Waals surface area contributed by atoms with Gasteiger partial charge in [-0.15, -0.1) is 0 Å². The third-order valence-corrected chi connectivity index (χ3v) is 4.77. The minimum Gasteiger partial charge on any atom is -0.372 e. The number of nitrogens with one attached hydrogen (secondary N) is 1. The molecule has 1 saturated heterocycles. The van der Waals surface area contributed by atoms with Crippen LogP contribution in [0.25, 0.3) is 0 Å². The number of H-pyrrole nitrogens is 1. The molecule has 7 nitrogen and oxygen atoms in total. The Labute approximate surface area is 156 Å². The number of aromatic amines is 1. The largest absolute Gasteiger partial charge is 0.372 e. The van der Waals surface area contributed by atoms with E-state index in [1.165, 1.54) is 16.8 Å². The van der Waals surface area contributed by atoms with E-state index in [2.05, 4.69) is 4.98 Å². The van der Waals surface area contributed by atoms with Crippen LogP contribution in [0.1, 0.15) is 25.5 Å². The van der Waals surface area contributed by atoms with Crippen molar-refractivity contribution in [3.8, 4) is 0 Å². The summed E-state index contributed by atoms with van der Waals surface area (Å²) in [5.74, 6) is -0.752. The van der Waals surface area contributed by atoms with E-state index in [0.29, 0.717) is 13.2 Å². The van der Waals surface area contributed by atoms with Gasteiger partial charge in [-0.25, -0.2) is 4.79 Å². The van der Waals surface area contributed by atoms with Crippen LogP contribution in [-0.4, -0.2) is 34.2 Å². The van der Waals surface area contributed by atoms with E-state index in [9.17, 15) is 9.59 Å². The molecule has 1 N–H and O–H groups in total. The molecule has 4 rings (SSSR count). The molecule has 0 spiro atoms. The first-order valence-electron chi connectivity index (χ1n) is 8.92. The number of aromatic nitrogens is 2. The Morgan fingerprint density at radius 1 is 1.11 bits per heavy atom. The molecule has 2 heterocycles. The molecule has 0 bridgehead atoms. The maximum absolute atomic E-state index is 12.2. The summed E-state index contributed by atoms with van der Waals surface area (Å²) < 4.78 is 19.4. The third-order valence-electron chi connectivity index (χ3n) is 4.77. The van der Waals surface area contributed by atoms with Gasteiger partial charge in [-0.05, 0) is 25.0 Å². The number of fused-ring (bicyclic) bond motifs is 1. The number of nitrogens with zero attached hydrogens (tertiary/aromatic N) is 1. The zero-order chi connectivity index (χ0) is 19.0. The second kappa shape index (κ2) is 6.92. The van der Waals surface area contributed by atoms with Gasteiger partial charge in [0.1, 0.15) is 12.2 Å². The van der Waals surface area contributed by atoms with Crippen LogP contribution in [0.15, 0.2) is 63.8 Å². The van der Waals surface area contributed by atoms with Crippen molar-refractivity contribution in [1.29, 1.82) is 0 Å². The lowest BCUT2D eigenvalue weighted by Crippen LogP contribution is -2.37. The molecule has 1 aliphatic heterocycles. The van der Waals surface area contributed by atoms with Gasteiger partial charge in [0.25, 0.3) is 5.56 Å². The smallest absolute Gasteiger partial charge is 0.328 e.